The molecule has 2 aliphatic rings. The lowest BCUT2D eigenvalue weighted by atomic mass is 9.87. The largest absolute Gasteiger partial charge is 0.299 e. The van der Waals surface area contributed by atoms with E-state index in [0.29, 0.717) is 12.1 Å². The van der Waals surface area contributed by atoms with Crippen LogP contribution in [0.25, 0.3) is 0 Å². The van der Waals surface area contributed by atoms with Crippen LogP contribution in [0, 0.1) is 0 Å². The minimum Gasteiger partial charge on any atom is -0.299 e. The van der Waals surface area contributed by atoms with Gasteiger partial charge in [-0.05, 0) is 73.2 Å². The number of rotatable bonds is 4. The lowest BCUT2D eigenvalue weighted by Crippen LogP contribution is -2.33. The van der Waals surface area contributed by atoms with Gasteiger partial charge in [0.15, 0.2) is 0 Å². The topological polar surface area (TPSA) is 6.48 Å². The number of benzene rings is 3. The molecule has 2 unspecified atom stereocenters. The van der Waals surface area contributed by atoms with Crippen LogP contribution in [0.4, 0.5) is 0 Å². The zero-order valence-electron chi connectivity index (χ0n) is 18.2. The van der Waals surface area contributed by atoms with Gasteiger partial charge in [-0.2, -0.15) is 0 Å². The first-order valence-electron chi connectivity index (χ1n) is 11.3. The highest BCUT2D eigenvalue weighted by Crippen LogP contribution is 2.33. The predicted molar refractivity (Wildman–Crippen MR) is 125 cm³/mol. The van der Waals surface area contributed by atoms with Crippen LogP contribution in [-0.4, -0.2) is 37.0 Å². The van der Waals surface area contributed by atoms with Crippen LogP contribution in [0.3, 0.4) is 0 Å². The normalized spacial score (nSPS) is 21.8. The van der Waals surface area contributed by atoms with Crippen LogP contribution >= 0.6 is 0 Å². The molecule has 0 aliphatic carbocycles. The van der Waals surface area contributed by atoms with Crippen molar-refractivity contribution in [3.05, 3.63) is 106 Å². The van der Waals surface area contributed by atoms with Gasteiger partial charge in [0.25, 0.3) is 0 Å². The summed E-state index contributed by atoms with van der Waals surface area (Å²) < 4.78 is 0. The molecule has 2 atom stereocenters. The summed E-state index contributed by atoms with van der Waals surface area (Å²) >= 11 is 0. The van der Waals surface area contributed by atoms with E-state index in [9.17, 15) is 0 Å². The fraction of sp³-hybridized carbons (Fsp3) is 0.357. The average Bonchev–Trinajstić information content (AvgIpc) is 2.79. The lowest BCUT2D eigenvalue weighted by molar-refractivity contribution is 0.228. The van der Waals surface area contributed by atoms with E-state index in [4.69, 9.17) is 0 Å². The van der Waals surface area contributed by atoms with Crippen molar-refractivity contribution in [1.29, 1.82) is 0 Å². The molecule has 0 fully saturated rings. The summed E-state index contributed by atoms with van der Waals surface area (Å²) in [4.78, 5) is 5.04. The molecule has 154 valence electrons. The van der Waals surface area contributed by atoms with Crippen LogP contribution in [0.2, 0.25) is 0 Å². The van der Waals surface area contributed by atoms with Crippen LogP contribution in [-0.2, 0) is 25.7 Å². The summed E-state index contributed by atoms with van der Waals surface area (Å²) in [6.45, 7) is 2.29. The van der Waals surface area contributed by atoms with Crippen molar-refractivity contribution < 1.29 is 0 Å². The van der Waals surface area contributed by atoms with Gasteiger partial charge in [0.1, 0.15) is 0 Å². The van der Waals surface area contributed by atoms with E-state index in [-0.39, 0.29) is 0 Å². The molecule has 0 saturated heterocycles. The van der Waals surface area contributed by atoms with Crippen molar-refractivity contribution in [2.45, 2.75) is 37.8 Å². The average molecular weight is 397 g/mol. The Morgan fingerprint density at radius 1 is 0.600 bits per heavy atom. The van der Waals surface area contributed by atoms with E-state index in [1.165, 1.54) is 46.2 Å². The Morgan fingerprint density at radius 2 is 1.00 bits per heavy atom. The maximum atomic E-state index is 2.52. The van der Waals surface area contributed by atoms with Gasteiger partial charge < -0.3 is 0 Å². The van der Waals surface area contributed by atoms with Gasteiger partial charge in [-0.25, -0.2) is 0 Å². The van der Waals surface area contributed by atoms with Gasteiger partial charge in [0, 0.05) is 25.2 Å². The smallest absolute Gasteiger partial charge is 0.0388 e. The zero-order chi connectivity index (χ0) is 20.5. The monoisotopic (exact) mass is 396 g/mol. The SMILES string of the molecule is CN1CCc2ccccc2C1Cc1ccc(CC2c3ccccc3CCN2C)cc1. The number of nitrogens with zero attached hydrogens (tertiary/aromatic N) is 2. The fourth-order valence-electron chi connectivity index (χ4n) is 5.34. The molecule has 0 spiro atoms. The number of hydrogen-bond donors (Lipinski definition) is 0. The first-order chi connectivity index (χ1) is 14.7. The Balaban J connectivity index is 1.32. The second kappa shape index (κ2) is 8.37. The standard InChI is InChI=1S/C28H32N2/c1-29-17-15-23-7-3-5-9-25(23)27(29)19-21-11-13-22(14-12-21)20-28-26-10-6-4-8-24(26)16-18-30(28)2/h3-14,27-28H,15-20H2,1-2H3. The molecule has 0 N–H and O–H groups in total. The number of fused-ring (bicyclic) bond motifs is 2. The Kier molecular flexibility index (Phi) is 5.45. The summed E-state index contributed by atoms with van der Waals surface area (Å²) in [5, 5.41) is 0. The minimum atomic E-state index is 0.483. The highest BCUT2D eigenvalue weighted by Gasteiger charge is 2.26. The van der Waals surface area contributed by atoms with Crippen molar-refractivity contribution in [2.75, 3.05) is 27.2 Å². The highest BCUT2D eigenvalue weighted by molar-refractivity contribution is 5.36. The van der Waals surface area contributed by atoms with E-state index in [2.05, 4.69) is 96.7 Å². The summed E-state index contributed by atoms with van der Waals surface area (Å²) in [6.07, 6.45) is 4.50. The van der Waals surface area contributed by atoms with Gasteiger partial charge in [-0.15, -0.1) is 0 Å². The Labute approximate surface area is 181 Å². The van der Waals surface area contributed by atoms with E-state index in [1.54, 1.807) is 0 Å². The molecule has 5 rings (SSSR count). The van der Waals surface area contributed by atoms with Crippen LogP contribution in [0.15, 0.2) is 72.8 Å². The molecule has 0 amide bonds. The van der Waals surface area contributed by atoms with E-state index < -0.39 is 0 Å². The lowest BCUT2D eigenvalue weighted by Gasteiger charge is -2.35. The molecule has 2 heteroatoms. The summed E-state index contributed by atoms with van der Waals surface area (Å²) in [5.41, 5.74) is 8.94. The Hall–Kier alpha value is -2.42. The summed E-state index contributed by atoms with van der Waals surface area (Å²) in [7, 11) is 4.54. The molecular formula is C28H32N2. The molecule has 0 radical (unpaired) electrons. The third kappa shape index (κ3) is 3.82. The van der Waals surface area contributed by atoms with Crippen LogP contribution < -0.4 is 0 Å². The second-order valence-corrected chi connectivity index (χ2v) is 9.12. The molecule has 2 nitrogen and oxygen atoms in total. The number of likely N-dealkylation sites (N-methyl/N-ethyl adjacent to an activating group) is 2. The fourth-order valence-corrected chi connectivity index (χ4v) is 5.34. The van der Waals surface area contributed by atoms with Crippen LogP contribution in [0.5, 0.6) is 0 Å². The Morgan fingerprint density at radius 3 is 1.43 bits per heavy atom. The van der Waals surface area contributed by atoms with Gasteiger partial charge in [-0.3, -0.25) is 9.80 Å². The number of hydrogen-bond acceptors (Lipinski definition) is 2. The van der Waals surface area contributed by atoms with E-state index >= 15 is 0 Å². The highest BCUT2D eigenvalue weighted by atomic mass is 15.1. The second-order valence-electron chi connectivity index (χ2n) is 9.12. The maximum absolute atomic E-state index is 2.52. The molecule has 0 aromatic heterocycles. The van der Waals surface area contributed by atoms with Gasteiger partial charge in [0.2, 0.25) is 0 Å². The van der Waals surface area contributed by atoms with E-state index in [1.807, 2.05) is 0 Å². The van der Waals surface area contributed by atoms with Gasteiger partial charge >= 0.3 is 0 Å². The van der Waals surface area contributed by atoms with Crippen molar-refractivity contribution in [2.24, 2.45) is 0 Å². The molecule has 0 bridgehead atoms. The van der Waals surface area contributed by atoms with Gasteiger partial charge in [-0.1, -0.05) is 72.8 Å². The first-order valence-corrected chi connectivity index (χ1v) is 11.3. The van der Waals surface area contributed by atoms with Gasteiger partial charge in [0.05, 0.1) is 0 Å². The molecular weight excluding hydrogens is 364 g/mol. The molecule has 3 aromatic rings. The molecule has 2 aliphatic heterocycles. The predicted octanol–water partition coefficient (Wildman–Crippen LogP) is 5.23. The minimum absolute atomic E-state index is 0.483. The van der Waals surface area contributed by atoms with E-state index in [0.717, 1.165) is 25.9 Å². The quantitative estimate of drug-likeness (QED) is 0.596. The molecule has 30 heavy (non-hydrogen) atoms. The summed E-state index contributed by atoms with van der Waals surface area (Å²) in [6, 6.07) is 28.4. The van der Waals surface area contributed by atoms with Crippen molar-refractivity contribution >= 4 is 0 Å². The molecule has 0 saturated carbocycles. The third-order valence-electron chi connectivity index (χ3n) is 7.24. The molecule has 3 aromatic carbocycles. The maximum Gasteiger partial charge on any atom is 0.0388 e. The third-order valence-corrected chi connectivity index (χ3v) is 7.24. The zero-order valence-corrected chi connectivity index (χ0v) is 18.2. The van der Waals surface area contributed by atoms with Crippen molar-refractivity contribution in [1.82, 2.24) is 9.80 Å². The van der Waals surface area contributed by atoms with Crippen LogP contribution in [0.1, 0.15) is 45.5 Å². The van der Waals surface area contributed by atoms with Crippen molar-refractivity contribution in [3.63, 3.8) is 0 Å². The molecule has 2 heterocycles. The van der Waals surface area contributed by atoms with Crippen molar-refractivity contribution in [3.8, 4) is 0 Å². The first kappa shape index (κ1) is 19.5. The summed E-state index contributed by atoms with van der Waals surface area (Å²) in [5.74, 6) is 0. The Bertz CT molecular complexity index is 925.